The Labute approximate surface area is 129 Å². The molecule has 2 heterocycles. The van der Waals surface area contributed by atoms with Crippen molar-refractivity contribution in [2.24, 2.45) is 0 Å². The van der Waals surface area contributed by atoms with Gasteiger partial charge >= 0.3 is 0 Å². The summed E-state index contributed by atoms with van der Waals surface area (Å²) in [6.45, 7) is 2.31. The first-order valence-electron chi connectivity index (χ1n) is 7.10. The van der Waals surface area contributed by atoms with E-state index in [4.69, 9.17) is 0 Å². The Balaban J connectivity index is 0.00000220. The van der Waals surface area contributed by atoms with Crippen molar-refractivity contribution in [2.75, 3.05) is 19.6 Å². The molecular weight excluding hydrogens is 304 g/mol. The van der Waals surface area contributed by atoms with Crippen molar-refractivity contribution < 1.29 is 18.4 Å². The van der Waals surface area contributed by atoms with Gasteiger partial charge in [0.2, 0.25) is 11.8 Å². The molecule has 2 aliphatic heterocycles. The van der Waals surface area contributed by atoms with Gasteiger partial charge in [-0.15, -0.1) is 12.4 Å². The monoisotopic (exact) mass is 325 g/mol. The lowest BCUT2D eigenvalue weighted by molar-refractivity contribution is -0.136. The van der Waals surface area contributed by atoms with Crippen LogP contribution in [0.1, 0.15) is 32.6 Å². The summed E-state index contributed by atoms with van der Waals surface area (Å²) in [5.74, 6) is -3.13. The molecule has 0 aromatic carbocycles. The lowest BCUT2D eigenvalue weighted by Gasteiger charge is -2.34. The molecule has 0 saturated carbocycles. The third-order valence-electron chi connectivity index (χ3n) is 3.83. The van der Waals surface area contributed by atoms with Crippen molar-refractivity contribution in [3.05, 3.63) is 0 Å². The molecule has 2 aliphatic rings. The Morgan fingerprint density at radius 1 is 1.43 bits per heavy atom. The van der Waals surface area contributed by atoms with Crippen LogP contribution in [0.2, 0.25) is 0 Å². The van der Waals surface area contributed by atoms with E-state index >= 15 is 0 Å². The first-order chi connectivity index (χ1) is 9.41. The van der Waals surface area contributed by atoms with Gasteiger partial charge in [0.05, 0.1) is 12.6 Å². The zero-order chi connectivity index (χ0) is 14.8. The molecule has 2 unspecified atom stereocenters. The average molecular weight is 326 g/mol. The maximum absolute atomic E-state index is 13.1. The number of halogens is 3. The fourth-order valence-electron chi connectivity index (χ4n) is 2.74. The molecule has 2 saturated heterocycles. The van der Waals surface area contributed by atoms with Crippen LogP contribution in [-0.4, -0.2) is 54.4 Å². The predicted octanol–water partition coefficient (Wildman–Crippen LogP) is 0.923. The first-order valence-corrected chi connectivity index (χ1v) is 7.10. The van der Waals surface area contributed by atoms with Crippen LogP contribution < -0.4 is 10.6 Å². The molecule has 8 heteroatoms. The minimum atomic E-state index is -2.80. The molecule has 0 spiro atoms. The van der Waals surface area contributed by atoms with Gasteiger partial charge in [-0.05, 0) is 12.8 Å². The fourth-order valence-corrected chi connectivity index (χ4v) is 2.74. The molecule has 2 rings (SSSR count). The summed E-state index contributed by atoms with van der Waals surface area (Å²) in [6.07, 6.45) is 1.57. The number of hydrogen-bond donors (Lipinski definition) is 2. The van der Waals surface area contributed by atoms with E-state index in [1.165, 1.54) is 0 Å². The van der Waals surface area contributed by atoms with Gasteiger partial charge in [-0.1, -0.05) is 6.92 Å². The van der Waals surface area contributed by atoms with Crippen molar-refractivity contribution in [3.8, 4) is 0 Å². The Morgan fingerprint density at radius 2 is 2.14 bits per heavy atom. The fraction of sp³-hybridized carbons (Fsp3) is 0.846. The molecule has 2 fully saturated rings. The summed E-state index contributed by atoms with van der Waals surface area (Å²) < 4.78 is 26.3. The van der Waals surface area contributed by atoms with Crippen LogP contribution in [0.25, 0.3) is 0 Å². The number of carbonyl (C=O) groups excluding carboxylic acids is 2. The number of carbonyl (C=O) groups is 2. The highest BCUT2D eigenvalue weighted by Crippen LogP contribution is 2.26. The van der Waals surface area contributed by atoms with Crippen molar-refractivity contribution in [1.29, 1.82) is 0 Å². The number of nitrogens with one attached hydrogen (secondary N) is 2. The Bertz CT molecular complexity index is 396. The quantitative estimate of drug-likeness (QED) is 0.811. The molecular formula is C13H22ClF2N3O2. The summed E-state index contributed by atoms with van der Waals surface area (Å²) in [5, 5.41) is 5.44. The maximum Gasteiger partial charge on any atom is 0.262 e. The highest BCUT2D eigenvalue weighted by atomic mass is 35.5. The summed E-state index contributed by atoms with van der Waals surface area (Å²) in [5.41, 5.74) is 0. The maximum atomic E-state index is 13.1. The molecule has 21 heavy (non-hydrogen) atoms. The normalized spacial score (nSPS) is 27.9. The van der Waals surface area contributed by atoms with Crippen LogP contribution in [0.5, 0.6) is 0 Å². The van der Waals surface area contributed by atoms with Gasteiger partial charge < -0.3 is 10.2 Å². The number of hydrogen-bond acceptors (Lipinski definition) is 3. The van der Waals surface area contributed by atoms with E-state index in [2.05, 4.69) is 10.6 Å². The minimum Gasteiger partial charge on any atom is -0.352 e. The van der Waals surface area contributed by atoms with Gasteiger partial charge in [-0.25, -0.2) is 8.78 Å². The molecule has 5 nitrogen and oxygen atoms in total. The first kappa shape index (κ1) is 18.1. The topological polar surface area (TPSA) is 61.4 Å². The largest absolute Gasteiger partial charge is 0.352 e. The van der Waals surface area contributed by atoms with Crippen LogP contribution >= 0.6 is 12.4 Å². The van der Waals surface area contributed by atoms with E-state index in [0.29, 0.717) is 19.5 Å². The van der Waals surface area contributed by atoms with E-state index in [1.807, 2.05) is 0 Å². The summed E-state index contributed by atoms with van der Waals surface area (Å²) in [7, 11) is 0. The molecule has 2 atom stereocenters. The smallest absolute Gasteiger partial charge is 0.262 e. The van der Waals surface area contributed by atoms with E-state index in [0.717, 1.165) is 12.8 Å². The van der Waals surface area contributed by atoms with Crippen LogP contribution in [-0.2, 0) is 9.59 Å². The average Bonchev–Trinajstić information content (AvgIpc) is 2.78. The van der Waals surface area contributed by atoms with Crippen molar-refractivity contribution in [3.63, 3.8) is 0 Å². The third-order valence-corrected chi connectivity index (χ3v) is 3.83. The number of rotatable bonds is 3. The lowest BCUT2D eigenvalue weighted by Crippen LogP contribution is -2.53. The van der Waals surface area contributed by atoms with Gasteiger partial charge in [0.1, 0.15) is 0 Å². The van der Waals surface area contributed by atoms with E-state index < -0.39 is 24.9 Å². The SMILES string of the molecule is CCC(=O)NC1CCCN(C(=O)C2CC(F)(F)CN2)C1.Cl. The molecule has 0 radical (unpaired) electrons. The van der Waals surface area contributed by atoms with Crippen LogP contribution in [0, 0.1) is 0 Å². The molecule has 122 valence electrons. The van der Waals surface area contributed by atoms with Gasteiger partial charge in [0, 0.05) is 32.0 Å². The highest BCUT2D eigenvalue weighted by molar-refractivity contribution is 5.85. The van der Waals surface area contributed by atoms with Crippen LogP contribution in [0.4, 0.5) is 8.78 Å². The van der Waals surface area contributed by atoms with Gasteiger partial charge in [0.25, 0.3) is 5.92 Å². The zero-order valence-electron chi connectivity index (χ0n) is 12.0. The Kier molecular flexibility index (Phi) is 6.34. The standard InChI is InChI=1S/C13H21F2N3O2.ClH/c1-2-11(19)17-9-4-3-5-18(7-9)12(20)10-6-13(14,15)8-16-10;/h9-10,16H,2-8H2,1H3,(H,17,19);1H. The van der Waals surface area contributed by atoms with E-state index in [-0.39, 0.29) is 30.3 Å². The van der Waals surface area contributed by atoms with Crippen molar-refractivity contribution >= 4 is 24.2 Å². The van der Waals surface area contributed by atoms with Crippen LogP contribution in [0.15, 0.2) is 0 Å². The van der Waals surface area contributed by atoms with E-state index in [1.54, 1.807) is 11.8 Å². The predicted molar refractivity (Wildman–Crippen MR) is 76.6 cm³/mol. The van der Waals surface area contributed by atoms with Gasteiger partial charge in [0.15, 0.2) is 0 Å². The molecule has 0 aromatic rings. The number of likely N-dealkylation sites (tertiary alicyclic amines) is 1. The van der Waals surface area contributed by atoms with Gasteiger partial charge in [-0.2, -0.15) is 0 Å². The lowest BCUT2D eigenvalue weighted by atomic mass is 10.0. The highest BCUT2D eigenvalue weighted by Gasteiger charge is 2.44. The molecule has 2 amide bonds. The number of amides is 2. The second kappa shape index (κ2) is 7.35. The zero-order valence-corrected chi connectivity index (χ0v) is 12.8. The second-order valence-corrected chi connectivity index (χ2v) is 5.54. The molecule has 2 N–H and O–H groups in total. The Hall–Kier alpha value is -0.950. The number of alkyl halides is 2. The van der Waals surface area contributed by atoms with Crippen molar-refractivity contribution in [1.82, 2.24) is 15.5 Å². The Morgan fingerprint density at radius 3 is 2.71 bits per heavy atom. The number of nitrogens with zero attached hydrogens (tertiary/aromatic N) is 1. The third kappa shape index (κ3) is 4.78. The minimum absolute atomic E-state index is 0. The molecule has 0 aromatic heterocycles. The second-order valence-electron chi connectivity index (χ2n) is 5.54. The summed E-state index contributed by atoms with van der Waals surface area (Å²) >= 11 is 0. The summed E-state index contributed by atoms with van der Waals surface area (Å²) in [4.78, 5) is 25.2. The number of piperidine rings is 1. The summed E-state index contributed by atoms with van der Waals surface area (Å²) in [6, 6.07) is -0.868. The molecule has 0 bridgehead atoms. The van der Waals surface area contributed by atoms with Crippen LogP contribution in [0.3, 0.4) is 0 Å². The molecule has 0 aliphatic carbocycles. The van der Waals surface area contributed by atoms with Crippen molar-refractivity contribution in [2.45, 2.75) is 50.6 Å². The van der Waals surface area contributed by atoms with Gasteiger partial charge in [-0.3, -0.25) is 14.9 Å². The van der Waals surface area contributed by atoms with E-state index in [9.17, 15) is 18.4 Å².